The first-order valence-corrected chi connectivity index (χ1v) is 12.8. The maximum absolute atomic E-state index is 12.8. The molecule has 1 N–H and O–H groups in total. The van der Waals surface area contributed by atoms with Crippen molar-refractivity contribution >= 4 is 32.4 Å². The number of hydrogen-bond acceptors (Lipinski definition) is 8. The minimum Gasteiger partial charge on any atom is -0.455 e. The minimum absolute atomic E-state index is 0.0390. The van der Waals surface area contributed by atoms with E-state index in [2.05, 4.69) is 29.0 Å². The molecule has 2 aliphatic rings. The number of hydrogen-bond donors (Lipinski definition) is 1. The van der Waals surface area contributed by atoms with Crippen LogP contribution in [-0.2, 0) is 21.3 Å². The van der Waals surface area contributed by atoms with Gasteiger partial charge in [-0.2, -0.15) is 4.31 Å². The second-order valence-electron chi connectivity index (χ2n) is 8.19. The van der Waals surface area contributed by atoms with E-state index in [1.54, 1.807) is 6.92 Å². The summed E-state index contributed by atoms with van der Waals surface area (Å²) in [4.78, 5) is 19.5. The summed E-state index contributed by atoms with van der Waals surface area (Å²) in [5.74, 6) is -0.337. The summed E-state index contributed by atoms with van der Waals surface area (Å²) >= 11 is 1.33. The van der Waals surface area contributed by atoms with E-state index in [0.717, 1.165) is 31.6 Å². The fourth-order valence-electron chi connectivity index (χ4n) is 4.14. The minimum atomic E-state index is -3.65. The van der Waals surface area contributed by atoms with Crippen LogP contribution in [0.4, 0.5) is 5.13 Å². The van der Waals surface area contributed by atoms with Gasteiger partial charge in [-0.05, 0) is 33.6 Å². The third-order valence-electron chi connectivity index (χ3n) is 5.43. The average Bonchev–Trinajstić information content (AvgIpc) is 3.42. The number of rotatable bonds is 6. The summed E-state index contributed by atoms with van der Waals surface area (Å²) in [6.45, 7) is 9.02. The highest BCUT2D eigenvalue weighted by molar-refractivity contribution is 7.89. The second-order valence-corrected chi connectivity index (χ2v) is 11.0. The molecule has 0 radical (unpaired) electrons. The topological polar surface area (TPSA) is 105 Å². The summed E-state index contributed by atoms with van der Waals surface area (Å²) in [6.07, 6.45) is 2.04. The molecule has 0 aromatic carbocycles. The van der Waals surface area contributed by atoms with Gasteiger partial charge in [-0.1, -0.05) is 0 Å². The number of nitrogens with zero attached hydrogens (tertiary/aromatic N) is 3. The molecule has 2 aromatic rings. The van der Waals surface area contributed by atoms with Crippen molar-refractivity contribution in [2.45, 2.75) is 57.3 Å². The number of furan rings is 1. The van der Waals surface area contributed by atoms with Gasteiger partial charge in [-0.15, -0.1) is 11.3 Å². The van der Waals surface area contributed by atoms with Gasteiger partial charge in [0.15, 0.2) is 10.9 Å². The molecule has 0 aliphatic carbocycles. The lowest BCUT2D eigenvalue weighted by molar-refractivity contribution is -0.0707. The molecule has 4 rings (SSSR count). The highest BCUT2D eigenvalue weighted by atomic mass is 32.2. The van der Waals surface area contributed by atoms with Gasteiger partial charge in [0.1, 0.15) is 10.7 Å². The van der Waals surface area contributed by atoms with Crippen LogP contribution in [0.3, 0.4) is 0 Å². The summed E-state index contributed by atoms with van der Waals surface area (Å²) in [6, 6.07) is 1.31. The lowest BCUT2D eigenvalue weighted by atomic mass is 10.2. The Hall–Kier alpha value is -1.79. The van der Waals surface area contributed by atoms with Gasteiger partial charge in [0.2, 0.25) is 10.0 Å². The average molecular weight is 469 g/mol. The molecule has 170 valence electrons. The summed E-state index contributed by atoms with van der Waals surface area (Å²) in [7, 11) is -3.65. The van der Waals surface area contributed by atoms with Gasteiger partial charge in [-0.3, -0.25) is 15.0 Å². The molecule has 0 saturated carbocycles. The maximum atomic E-state index is 12.8. The van der Waals surface area contributed by atoms with Crippen molar-refractivity contribution in [3.63, 3.8) is 0 Å². The van der Waals surface area contributed by atoms with Gasteiger partial charge < -0.3 is 9.15 Å². The van der Waals surface area contributed by atoms with Crippen molar-refractivity contribution in [1.82, 2.24) is 14.2 Å². The Morgan fingerprint density at radius 1 is 1.26 bits per heavy atom. The highest BCUT2D eigenvalue weighted by Gasteiger charge is 2.32. The zero-order valence-electron chi connectivity index (χ0n) is 18.0. The quantitative estimate of drug-likeness (QED) is 0.695. The molecule has 2 atom stereocenters. The number of amides is 1. The Kier molecular flexibility index (Phi) is 6.50. The molecule has 4 heterocycles. The number of carbonyl (C=O) groups is 1. The monoisotopic (exact) mass is 468 g/mol. The van der Waals surface area contributed by atoms with Crippen molar-refractivity contribution in [1.29, 1.82) is 0 Å². The van der Waals surface area contributed by atoms with Gasteiger partial charge in [0.05, 0.1) is 17.9 Å². The first-order valence-electron chi connectivity index (χ1n) is 10.5. The highest BCUT2D eigenvalue weighted by Crippen LogP contribution is 2.27. The van der Waals surface area contributed by atoms with E-state index < -0.39 is 15.9 Å². The number of thiazole rings is 1. The number of sulfonamides is 1. The van der Waals surface area contributed by atoms with Crippen molar-refractivity contribution in [2.75, 3.05) is 31.5 Å². The van der Waals surface area contributed by atoms with Crippen LogP contribution in [0.5, 0.6) is 0 Å². The molecule has 9 nitrogen and oxygen atoms in total. The summed E-state index contributed by atoms with van der Waals surface area (Å²) in [5.41, 5.74) is 0.870. The normalized spacial score (nSPS) is 23.3. The largest absolute Gasteiger partial charge is 0.455 e. The van der Waals surface area contributed by atoms with E-state index in [4.69, 9.17) is 9.15 Å². The van der Waals surface area contributed by atoms with Crippen LogP contribution in [0.15, 0.2) is 20.8 Å². The van der Waals surface area contributed by atoms with E-state index in [9.17, 15) is 13.2 Å². The van der Waals surface area contributed by atoms with Gasteiger partial charge in [0.25, 0.3) is 5.91 Å². The summed E-state index contributed by atoms with van der Waals surface area (Å²) < 4.78 is 38.3. The molecule has 2 unspecified atom stereocenters. The number of aryl methyl sites for hydroxylation is 1. The molecular weight excluding hydrogens is 440 g/mol. The van der Waals surface area contributed by atoms with Crippen LogP contribution in [0.1, 0.15) is 48.7 Å². The predicted molar refractivity (Wildman–Crippen MR) is 117 cm³/mol. The van der Waals surface area contributed by atoms with Crippen molar-refractivity contribution in [3.8, 4) is 0 Å². The molecule has 0 spiro atoms. The van der Waals surface area contributed by atoms with Crippen LogP contribution in [0.2, 0.25) is 0 Å². The molecule has 2 saturated heterocycles. The zero-order valence-corrected chi connectivity index (χ0v) is 19.6. The van der Waals surface area contributed by atoms with Crippen LogP contribution in [0, 0.1) is 6.92 Å². The van der Waals surface area contributed by atoms with E-state index in [1.807, 2.05) is 5.38 Å². The van der Waals surface area contributed by atoms with Crippen LogP contribution >= 0.6 is 11.3 Å². The molecule has 2 fully saturated rings. The summed E-state index contributed by atoms with van der Waals surface area (Å²) in [5, 5.41) is 5.08. The fraction of sp³-hybridized carbons (Fsp3) is 0.600. The van der Waals surface area contributed by atoms with E-state index in [1.165, 1.54) is 21.7 Å². The second kappa shape index (κ2) is 8.99. The third kappa shape index (κ3) is 5.01. The van der Waals surface area contributed by atoms with Gasteiger partial charge in [-0.25, -0.2) is 13.4 Å². The van der Waals surface area contributed by atoms with Crippen LogP contribution < -0.4 is 5.32 Å². The Labute approximate surface area is 186 Å². The first kappa shape index (κ1) is 22.4. The predicted octanol–water partition coefficient (Wildman–Crippen LogP) is 2.69. The Morgan fingerprint density at radius 3 is 2.61 bits per heavy atom. The van der Waals surface area contributed by atoms with Gasteiger partial charge in [0, 0.05) is 44.2 Å². The number of ether oxygens (including phenoxy) is 1. The third-order valence-corrected chi connectivity index (χ3v) is 8.24. The maximum Gasteiger partial charge on any atom is 0.293 e. The Balaban J connectivity index is 1.41. The number of nitrogens with one attached hydrogen (secondary N) is 1. The lowest BCUT2D eigenvalue weighted by Crippen LogP contribution is -2.44. The number of aromatic nitrogens is 1. The van der Waals surface area contributed by atoms with Gasteiger partial charge >= 0.3 is 0 Å². The molecule has 11 heteroatoms. The molecule has 31 heavy (non-hydrogen) atoms. The molecular formula is C20H28N4O5S2. The van der Waals surface area contributed by atoms with Crippen LogP contribution in [-0.4, -0.2) is 66.9 Å². The number of morpholine rings is 1. The molecule has 2 aromatic heterocycles. The van der Waals surface area contributed by atoms with E-state index in [0.29, 0.717) is 24.8 Å². The zero-order chi connectivity index (χ0) is 22.2. The van der Waals surface area contributed by atoms with Crippen molar-refractivity contribution in [3.05, 3.63) is 28.7 Å². The van der Waals surface area contributed by atoms with Crippen molar-refractivity contribution in [2.24, 2.45) is 0 Å². The lowest BCUT2D eigenvalue weighted by Gasteiger charge is -2.34. The standard InChI is InChI=1S/C20H28N4O5S2/c1-13-9-23(10-14(2)28-13)11-16-12-30-20(21-16)22-19(25)17-8-18(15(3)29-17)31(26,27)24-6-4-5-7-24/h8,12-14H,4-7,9-11H2,1-3H3,(H,21,22,25). The molecule has 2 aliphatic heterocycles. The molecule has 0 bridgehead atoms. The number of anilines is 1. The molecule has 1 amide bonds. The Bertz CT molecular complexity index is 1030. The first-order chi connectivity index (χ1) is 14.7. The number of carbonyl (C=O) groups excluding carboxylic acids is 1. The smallest absolute Gasteiger partial charge is 0.293 e. The van der Waals surface area contributed by atoms with E-state index in [-0.39, 0.29) is 28.6 Å². The van der Waals surface area contributed by atoms with Crippen molar-refractivity contribution < 1.29 is 22.4 Å². The van der Waals surface area contributed by atoms with E-state index >= 15 is 0 Å². The van der Waals surface area contributed by atoms with Crippen LogP contribution in [0.25, 0.3) is 0 Å². The fourth-order valence-corrected chi connectivity index (χ4v) is 6.51. The SMILES string of the molecule is Cc1oc(C(=O)Nc2nc(CN3CC(C)OC(C)C3)cs2)cc1S(=O)(=O)N1CCCC1. The Morgan fingerprint density at radius 2 is 1.94 bits per heavy atom.